The highest BCUT2D eigenvalue weighted by Crippen LogP contribution is 2.15. The summed E-state index contributed by atoms with van der Waals surface area (Å²) in [6.07, 6.45) is 0. The number of fused-ring (bicyclic) bond motifs is 1. The molecule has 1 aromatic heterocycles. The van der Waals surface area contributed by atoms with Gasteiger partial charge in [0.2, 0.25) is 5.91 Å². The molecule has 0 aliphatic carbocycles. The molecule has 0 saturated carbocycles. The largest absolute Gasteiger partial charge is 0.331 e. The maximum absolute atomic E-state index is 11.0. The number of carbonyl (C=O) groups excluding carboxylic acids is 1. The van der Waals surface area contributed by atoms with Crippen molar-refractivity contribution >= 4 is 34.8 Å². The van der Waals surface area contributed by atoms with E-state index in [1.807, 2.05) is 6.07 Å². The minimum Gasteiger partial charge on any atom is -0.331 e. The molecule has 0 saturated heterocycles. The lowest BCUT2D eigenvalue weighted by atomic mass is 10.3. The van der Waals surface area contributed by atoms with E-state index in [1.165, 1.54) is 0 Å². The van der Waals surface area contributed by atoms with Crippen LogP contribution in [0.1, 0.15) is 0 Å². The number of imidazole rings is 1. The molecule has 5 nitrogen and oxygen atoms in total. The summed E-state index contributed by atoms with van der Waals surface area (Å²) in [4.78, 5) is 17.0. The second kappa shape index (κ2) is 3.84. The SMILES string of the molecule is NCC(=O)Nc1ccc2[nH]c(=S)[nH]c2c1. The molecule has 2 rings (SSSR count). The van der Waals surface area contributed by atoms with Crippen LogP contribution in [0.4, 0.5) is 5.69 Å². The van der Waals surface area contributed by atoms with Gasteiger partial charge in [-0.05, 0) is 30.4 Å². The minimum atomic E-state index is -0.219. The van der Waals surface area contributed by atoms with Gasteiger partial charge in [0.05, 0.1) is 17.6 Å². The molecule has 5 N–H and O–H groups in total. The fourth-order valence-corrected chi connectivity index (χ4v) is 1.54. The summed E-state index contributed by atoms with van der Waals surface area (Å²) in [6.45, 7) is -0.0266. The number of carbonyl (C=O) groups is 1. The number of hydrogen-bond acceptors (Lipinski definition) is 3. The van der Waals surface area contributed by atoms with Crippen LogP contribution in [0.25, 0.3) is 11.0 Å². The third-order valence-corrected chi connectivity index (χ3v) is 2.19. The molecule has 0 spiro atoms. The highest BCUT2D eigenvalue weighted by atomic mass is 32.1. The quantitative estimate of drug-likeness (QED) is 0.574. The number of nitrogens with two attached hydrogens (primary N) is 1. The molecule has 0 unspecified atom stereocenters. The number of aromatic nitrogens is 2. The van der Waals surface area contributed by atoms with Gasteiger partial charge in [-0.25, -0.2) is 0 Å². The van der Waals surface area contributed by atoms with Crippen molar-refractivity contribution in [1.82, 2.24) is 9.97 Å². The number of H-pyrrole nitrogens is 2. The number of aromatic amines is 2. The second-order valence-electron chi connectivity index (χ2n) is 3.09. The summed E-state index contributed by atoms with van der Waals surface area (Å²) in [5.74, 6) is -0.219. The van der Waals surface area contributed by atoms with Crippen molar-refractivity contribution in [3.05, 3.63) is 23.0 Å². The summed E-state index contributed by atoms with van der Waals surface area (Å²) in [5.41, 5.74) is 7.66. The van der Waals surface area contributed by atoms with Gasteiger partial charge in [-0.1, -0.05) is 0 Å². The number of benzene rings is 1. The highest BCUT2D eigenvalue weighted by Gasteiger charge is 2.01. The first-order valence-corrected chi connectivity index (χ1v) is 4.82. The fraction of sp³-hybridized carbons (Fsp3) is 0.111. The fourth-order valence-electron chi connectivity index (χ4n) is 1.32. The van der Waals surface area contributed by atoms with E-state index in [-0.39, 0.29) is 12.5 Å². The molecule has 2 aromatic rings. The van der Waals surface area contributed by atoms with Crippen molar-refractivity contribution in [2.75, 3.05) is 11.9 Å². The van der Waals surface area contributed by atoms with Crippen LogP contribution >= 0.6 is 12.2 Å². The molecule has 15 heavy (non-hydrogen) atoms. The lowest BCUT2D eigenvalue weighted by Crippen LogP contribution is -2.21. The molecule has 78 valence electrons. The average Bonchev–Trinajstić information content (AvgIpc) is 2.57. The molecule has 0 aliphatic heterocycles. The van der Waals surface area contributed by atoms with Crippen molar-refractivity contribution in [2.45, 2.75) is 0 Å². The molecule has 0 fully saturated rings. The summed E-state index contributed by atoms with van der Waals surface area (Å²) in [5, 5.41) is 2.66. The topological polar surface area (TPSA) is 86.7 Å². The van der Waals surface area contributed by atoms with E-state index < -0.39 is 0 Å². The van der Waals surface area contributed by atoms with Crippen molar-refractivity contribution in [3.8, 4) is 0 Å². The van der Waals surface area contributed by atoms with Crippen LogP contribution in [0, 0.1) is 4.77 Å². The summed E-state index contributed by atoms with van der Waals surface area (Å²) >= 11 is 4.95. The van der Waals surface area contributed by atoms with Crippen LogP contribution < -0.4 is 11.1 Å². The Labute approximate surface area is 90.7 Å². The van der Waals surface area contributed by atoms with E-state index in [1.54, 1.807) is 12.1 Å². The molecule has 1 aromatic carbocycles. The Morgan fingerprint density at radius 1 is 1.40 bits per heavy atom. The molecule has 1 heterocycles. The van der Waals surface area contributed by atoms with Crippen LogP contribution in [-0.2, 0) is 4.79 Å². The first-order valence-electron chi connectivity index (χ1n) is 4.41. The number of amides is 1. The van der Waals surface area contributed by atoms with Crippen LogP contribution in [0.2, 0.25) is 0 Å². The summed E-state index contributed by atoms with van der Waals surface area (Å²) < 4.78 is 0.562. The van der Waals surface area contributed by atoms with Gasteiger partial charge in [0, 0.05) is 5.69 Å². The van der Waals surface area contributed by atoms with Gasteiger partial charge in [-0.3, -0.25) is 4.79 Å². The Bertz CT molecular complexity index is 556. The van der Waals surface area contributed by atoms with Gasteiger partial charge in [-0.2, -0.15) is 0 Å². The van der Waals surface area contributed by atoms with E-state index in [0.717, 1.165) is 11.0 Å². The minimum absolute atomic E-state index is 0.0266. The van der Waals surface area contributed by atoms with Gasteiger partial charge < -0.3 is 21.0 Å². The molecule has 0 atom stereocenters. The predicted molar refractivity (Wildman–Crippen MR) is 61.2 cm³/mol. The van der Waals surface area contributed by atoms with Gasteiger partial charge >= 0.3 is 0 Å². The standard InChI is InChI=1S/C9H10N4OS/c10-4-8(14)11-5-1-2-6-7(3-5)13-9(15)12-6/h1-3H,4,10H2,(H,11,14)(H2,12,13,15). The molecular formula is C9H10N4OS. The van der Waals surface area contributed by atoms with Gasteiger partial charge in [0.15, 0.2) is 4.77 Å². The Hall–Kier alpha value is -1.66. The van der Waals surface area contributed by atoms with Crippen molar-refractivity contribution in [2.24, 2.45) is 5.73 Å². The van der Waals surface area contributed by atoms with Crippen molar-refractivity contribution in [1.29, 1.82) is 0 Å². The van der Waals surface area contributed by atoms with Crippen molar-refractivity contribution in [3.63, 3.8) is 0 Å². The maximum atomic E-state index is 11.0. The Morgan fingerprint density at radius 2 is 2.13 bits per heavy atom. The first kappa shape index (κ1) is 9.88. The first-order chi connectivity index (χ1) is 7.19. The lowest BCUT2D eigenvalue weighted by molar-refractivity contribution is -0.114. The van der Waals surface area contributed by atoms with Crippen LogP contribution in [0.15, 0.2) is 18.2 Å². The average molecular weight is 222 g/mol. The van der Waals surface area contributed by atoms with E-state index in [9.17, 15) is 4.79 Å². The number of rotatable bonds is 2. The molecular weight excluding hydrogens is 212 g/mol. The zero-order chi connectivity index (χ0) is 10.8. The monoisotopic (exact) mass is 222 g/mol. The molecule has 0 bridgehead atoms. The Morgan fingerprint density at radius 3 is 2.87 bits per heavy atom. The highest BCUT2D eigenvalue weighted by molar-refractivity contribution is 7.71. The van der Waals surface area contributed by atoms with E-state index in [0.29, 0.717) is 10.5 Å². The van der Waals surface area contributed by atoms with Gasteiger partial charge in [0.1, 0.15) is 0 Å². The predicted octanol–water partition coefficient (Wildman–Crippen LogP) is 1.12. The lowest BCUT2D eigenvalue weighted by Gasteiger charge is -2.02. The van der Waals surface area contributed by atoms with Gasteiger partial charge in [-0.15, -0.1) is 0 Å². The molecule has 1 amide bonds. The van der Waals surface area contributed by atoms with Gasteiger partial charge in [0.25, 0.3) is 0 Å². The zero-order valence-corrected chi connectivity index (χ0v) is 8.65. The van der Waals surface area contributed by atoms with Crippen LogP contribution in [0.5, 0.6) is 0 Å². The number of nitrogens with one attached hydrogen (secondary N) is 3. The molecule has 6 heteroatoms. The van der Waals surface area contributed by atoms with Crippen LogP contribution in [-0.4, -0.2) is 22.4 Å². The Balaban J connectivity index is 2.38. The van der Waals surface area contributed by atoms with E-state index in [4.69, 9.17) is 18.0 Å². The smallest absolute Gasteiger partial charge is 0.238 e. The number of anilines is 1. The third-order valence-electron chi connectivity index (χ3n) is 1.99. The summed E-state index contributed by atoms with van der Waals surface area (Å²) in [7, 11) is 0. The second-order valence-corrected chi connectivity index (χ2v) is 3.50. The molecule has 0 radical (unpaired) electrons. The zero-order valence-electron chi connectivity index (χ0n) is 7.83. The maximum Gasteiger partial charge on any atom is 0.238 e. The normalized spacial score (nSPS) is 10.5. The molecule has 0 aliphatic rings. The summed E-state index contributed by atoms with van der Waals surface area (Å²) in [6, 6.07) is 5.43. The van der Waals surface area contributed by atoms with E-state index in [2.05, 4.69) is 15.3 Å². The van der Waals surface area contributed by atoms with E-state index >= 15 is 0 Å². The third kappa shape index (κ3) is 2.05. The Kier molecular flexibility index (Phi) is 2.53. The van der Waals surface area contributed by atoms with Crippen LogP contribution in [0.3, 0.4) is 0 Å². The van der Waals surface area contributed by atoms with Crippen molar-refractivity contribution < 1.29 is 4.79 Å². The number of hydrogen-bond donors (Lipinski definition) is 4.